The summed E-state index contributed by atoms with van der Waals surface area (Å²) >= 11 is 1.68. The standard InChI is InChI=1S/C18H17FN4S/c19-14-3-1-2-13-15-10-20-11-23(15)17(16(13)14)12-4-7-22(8-5-12)18-21-6-9-24-18/h1-3,6,9-12,17H,4-5,7-8H2. The topological polar surface area (TPSA) is 34.0 Å². The van der Waals surface area contributed by atoms with Crippen molar-refractivity contribution in [3.05, 3.63) is 53.7 Å². The lowest BCUT2D eigenvalue weighted by Gasteiger charge is -2.35. The van der Waals surface area contributed by atoms with Gasteiger partial charge in [-0.1, -0.05) is 12.1 Å². The molecule has 0 amide bonds. The maximum Gasteiger partial charge on any atom is 0.185 e. The van der Waals surface area contributed by atoms with E-state index in [1.807, 2.05) is 30.2 Å². The zero-order valence-corrected chi connectivity index (χ0v) is 13.9. The summed E-state index contributed by atoms with van der Waals surface area (Å²) in [6.45, 7) is 1.95. The maximum absolute atomic E-state index is 14.6. The van der Waals surface area contributed by atoms with Gasteiger partial charge in [-0.05, 0) is 24.8 Å². The molecule has 4 nitrogen and oxygen atoms in total. The second-order valence-electron chi connectivity index (χ2n) is 6.47. The molecule has 2 aliphatic heterocycles. The number of halogens is 1. The Balaban J connectivity index is 1.46. The molecule has 0 radical (unpaired) electrons. The van der Waals surface area contributed by atoms with Crippen LogP contribution < -0.4 is 4.90 Å². The zero-order valence-electron chi connectivity index (χ0n) is 13.1. The van der Waals surface area contributed by atoms with Gasteiger partial charge in [0.1, 0.15) is 5.82 Å². The largest absolute Gasteiger partial charge is 0.348 e. The Morgan fingerprint density at radius 2 is 2.08 bits per heavy atom. The smallest absolute Gasteiger partial charge is 0.185 e. The molecule has 122 valence electrons. The third kappa shape index (κ3) is 2.02. The summed E-state index contributed by atoms with van der Waals surface area (Å²) in [5.74, 6) is 0.330. The molecule has 2 aliphatic rings. The highest BCUT2D eigenvalue weighted by atomic mass is 32.1. The molecule has 24 heavy (non-hydrogen) atoms. The van der Waals surface area contributed by atoms with Crippen molar-refractivity contribution in [3.8, 4) is 11.3 Å². The molecule has 2 aromatic heterocycles. The number of rotatable bonds is 2. The van der Waals surface area contributed by atoms with Crippen molar-refractivity contribution in [2.45, 2.75) is 18.9 Å². The van der Waals surface area contributed by atoms with Crippen molar-refractivity contribution in [2.75, 3.05) is 18.0 Å². The van der Waals surface area contributed by atoms with Crippen LogP contribution in [0.2, 0.25) is 0 Å². The van der Waals surface area contributed by atoms with Crippen molar-refractivity contribution in [2.24, 2.45) is 5.92 Å². The Kier molecular flexibility index (Phi) is 3.19. The van der Waals surface area contributed by atoms with Crippen LogP contribution in [0.3, 0.4) is 0 Å². The Bertz CT molecular complexity index is 865. The van der Waals surface area contributed by atoms with Crippen molar-refractivity contribution in [1.82, 2.24) is 14.5 Å². The summed E-state index contributed by atoms with van der Waals surface area (Å²) < 4.78 is 16.7. The lowest BCUT2D eigenvalue weighted by atomic mass is 9.85. The van der Waals surface area contributed by atoms with Gasteiger partial charge in [-0.15, -0.1) is 11.3 Å². The average molecular weight is 340 g/mol. The number of anilines is 1. The predicted molar refractivity (Wildman–Crippen MR) is 92.8 cm³/mol. The van der Waals surface area contributed by atoms with E-state index in [1.165, 1.54) is 0 Å². The summed E-state index contributed by atoms with van der Waals surface area (Å²) in [6, 6.07) is 5.45. The summed E-state index contributed by atoms with van der Waals surface area (Å²) in [5.41, 5.74) is 2.89. The van der Waals surface area contributed by atoms with Crippen LogP contribution >= 0.6 is 11.3 Å². The number of fused-ring (bicyclic) bond motifs is 3. The molecule has 0 bridgehead atoms. The van der Waals surface area contributed by atoms with Gasteiger partial charge in [0.2, 0.25) is 0 Å². The maximum atomic E-state index is 14.6. The van der Waals surface area contributed by atoms with Crippen LogP contribution in [0.15, 0.2) is 42.3 Å². The third-order valence-electron chi connectivity index (χ3n) is 5.27. The second kappa shape index (κ2) is 5.41. The minimum Gasteiger partial charge on any atom is -0.348 e. The van der Waals surface area contributed by atoms with Gasteiger partial charge < -0.3 is 9.47 Å². The van der Waals surface area contributed by atoms with E-state index in [0.29, 0.717) is 5.92 Å². The van der Waals surface area contributed by atoms with Gasteiger partial charge in [-0.25, -0.2) is 14.4 Å². The lowest BCUT2D eigenvalue weighted by molar-refractivity contribution is 0.312. The molecule has 1 unspecified atom stereocenters. The number of aromatic nitrogens is 3. The zero-order chi connectivity index (χ0) is 16.1. The molecule has 5 rings (SSSR count). The molecule has 4 heterocycles. The highest BCUT2D eigenvalue weighted by Gasteiger charge is 2.38. The first-order valence-electron chi connectivity index (χ1n) is 8.28. The summed E-state index contributed by atoms with van der Waals surface area (Å²) in [5, 5.41) is 3.11. The number of imidazole rings is 1. The molecule has 0 saturated carbocycles. The summed E-state index contributed by atoms with van der Waals surface area (Å²) in [4.78, 5) is 11.0. The van der Waals surface area contributed by atoms with E-state index < -0.39 is 0 Å². The summed E-state index contributed by atoms with van der Waals surface area (Å²) in [7, 11) is 0. The van der Waals surface area contributed by atoms with Crippen molar-refractivity contribution < 1.29 is 4.39 Å². The van der Waals surface area contributed by atoms with E-state index in [1.54, 1.807) is 23.5 Å². The van der Waals surface area contributed by atoms with Crippen LogP contribution in [0.25, 0.3) is 11.3 Å². The van der Waals surface area contributed by atoms with Gasteiger partial charge in [0.05, 0.1) is 24.3 Å². The van der Waals surface area contributed by atoms with Crippen LogP contribution in [0.5, 0.6) is 0 Å². The first-order chi connectivity index (χ1) is 11.8. The van der Waals surface area contributed by atoms with Crippen LogP contribution in [-0.2, 0) is 0 Å². The monoisotopic (exact) mass is 340 g/mol. The second-order valence-corrected chi connectivity index (χ2v) is 7.34. The molecular formula is C18H17FN4S. The molecule has 1 fully saturated rings. The number of benzene rings is 1. The molecule has 3 aromatic rings. The SMILES string of the molecule is Fc1cccc2c1C(C1CCN(c3nccs3)CC1)n1cncc1-2. The normalized spacial score (nSPS) is 20.2. The molecule has 0 aliphatic carbocycles. The van der Waals surface area contributed by atoms with E-state index in [9.17, 15) is 4.39 Å². The van der Waals surface area contributed by atoms with Crippen LogP contribution in [0, 0.1) is 11.7 Å². The Morgan fingerprint density at radius 3 is 2.88 bits per heavy atom. The molecule has 1 aromatic carbocycles. The number of nitrogens with zero attached hydrogens (tertiary/aromatic N) is 4. The summed E-state index contributed by atoms with van der Waals surface area (Å²) in [6.07, 6.45) is 7.63. The van der Waals surface area contributed by atoms with Gasteiger partial charge in [-0.3, -0.25) is 0 Å². The number of hydrogen-bond acceptors (Lipinski definition) is 4. The van der Waals surface area contributed by atoms with Gasteiger partial charge in [-0.2, -0.15) is 0 Å². The van der Waals surface area contributed by atoms with E-state index in [4.69, 9.17) is 0 Å². The van der Waals surface area contributed by atoms with E-state index in [0.717, 1.165) is 47.9 Å². The van der Waals surface area contributed by atoms with Crippen molar-refractivity contribution >= 4 is 16.5 Å². The lowest BCUT2D eigenvalue weighted by Crippen LogP contribution is -2.36. The number of thiazole rings is 1. The van der Waals surface area contributed by atoms with Crippen molar-refractivity contribution in [1.29, 1.82) is 0 Å². The molecule has 0 N–H and O–H groups in total. The first kappa shape index (κ1) is 14.2. The van der Waals surface area contributed by atoms with Gasteiger partial charge in [0.15, 0.2) is 5.13 Å². The average Bonchev–Trinajstić information content (AvgIpc) is 3.33. The molecular weight excluding hydrogens is 323 g/mol. The molecule has 1 saturated heterocycles. The first-order valence-corrected chi connectivity index (χ1v) is 9.16. The van der Waals surface area contributed by atoms with E-state index in [2.05, 4.69) is 19.4 Å². The van der Waals surface area contributed by atoms with Crippen LogP contribution in [0.4, 0.5) is 9.52 Å². The van der Waals surface area contributed by atoms with Crippen LogP contribution in [0.1, 0.15) is 24.4 Å². The Labute approximate surface area is 143 Å². The van der Waals surface area contributed by atoms with E-state index >= 15 is 0 Å². The van der Waals surface area contributed by atoms with Crippen molar-refractivity contribution in [3.63, 3.8) is 0 Å². The van der Waals surface area contributed by atoms with Crippen LogP contribution in [-0.4, -0.2) is 27.6 Å². The fraction of sp³-hybridized carbons (Fsp3) is 0.333. The minimum absolute atomic E-state index is 0.0668. The predicted octanol–water partition coefficient (Wildman–Crippen LogP) is 3.97. The Morgan fingerprint density at radius 1 is 1.21 bits per heavy atom. The molecule has 0 spiro atoms. The third-order valence-corrected chi connectivity index (χ3v) is 6.10. The van der Waals surface area contributed by atoms with E-state index in [-0.39, 0.29) is 11.9 Å². The van der Waals surface area contributed by atoms with Gasteiger partial charge >= 0.3 is 0 Å². The quantitative estimate of drug-likeness (QED) is 0.708. The molecule has 6 heteroatoms. The fourth-order valence-electron chi connectivity index (χ4n) is 4.18. The number of piperidine rings is 1. The Hall–Kier alpha value is -2.21. The highest BCUT2D eigenvalue weighted by molar-refractivity contribution is 7.13. The van der Waals surface area contributed by atoms with Gasteiger partial charge in [0, 0.05) is 35.8 Å². The highest BCUT2D eigenvalue weighted by Crippen LogP contribution is 2.46. The minimum atomic E-state index is -0.0939. The number of hydrogen-bond donors (Lipinski definition) is 0. The molecule has 1 atom stereocenters. The van der Waals surface area contributed by atoms with Gasteiger partial charge in [0.25, 0.3) is 0 Å². The fourth-order valence-corrected chi connectivity index (χ4v) is 4.87.